The highest BCUT2D eigenvalue weighted by Crippen LogP contribution is 2.24. The Morgan fingerprint density at radius 2 is 1.88 bits per heavy atom. The third kappa shape index (κ3) is 7.68. The lowest BCUT2D eigenvalue weighted by Crippen LogP contribution is -2.49. The summed E-state index contributed by atoms with van der Waals surface area (Å²) in [6, 6.07) is 5.23. The number of nitrogens with two attached hydrogens (primary N) is 1. The molecule has 0 saturated carbocycles. The highest BCUT2D eigenvalue weighted by atomic mass is 32.2. The van der Waals surface area contributed by atoms with Crippen molar-refractivity contribution in [1.82, 2.24) is 5.32 Å². The maximum absolute atomic E-state index is 11.9. The van der Waals surface area contributed by atoms with Gasteiger partial charge in [-0.2, -0.15) is 0 Å². The topological polar surface area (TPSA) is 90.7 Å². The Balaban J connectivity index is 2.73. The zero-order chi connectivity index (χ0) is 18.5. The van der Waals surface area contributed by atoms with Crippen LogP contribution in [0.15, 0.2) is 18.2 Å². The molecule has 0 aliphatic rings. The maximum atomic E-state index is 11.9. The van der Waals surface area contributed by atoms with Crippen LogP contribution >= 0.6 is 0 Å². The molecule has 0 aliphatic heterocycles. The van der Waals surface area contributed by atoms with Crippen molar-refractivity contribution in [1.29, 1.82) is 0 Å². The molecule has 1 aromatic carbocycles. The van der Waals surface area contributed by atoms with Crippen molar-refractivity contribution in [2.24, 2.45) is 0 Å². The summed E-state index contributed by atoms with van der Waals surface area (Å²) in [5.41, 5.74) is 5.96. The zero-order valence-corrected chi connectivity index (χ0v) is 16.1. The molecule has 1 aromatic rings. The Bertz CT molecular complexity index is 609. The quantitative estimate of drug-likeness (QED) is 0.765. The van der Waals surface area contributed by atoms with Gasteiger partial charge in [-0.05, 0) is 52.8 Å². The molecule has 0 aliphatic carbocycles. The second-order valence-corrected chi connectivity index (χ2v) is 8.82. The van der Waals surface area contributed by atoms with Crippen LogP contribution in [0, 0.1) is 0 Å². The number of hydrogen-bond donors (Lipinski definition) is 2. The van der Waals surface area contributed by atoms with Gasteiger partial charge in [-0.1, -0.05) is 0 Å². The van der Waals surface area contributed by atoms with Crippen LogP contribution < -0.4 is 15.8 Å². The molecule has 0 fully saturated rings. The van der Waals surface area contributed by atoms with Gasteiger partial charge in [0.2, 0.25) is 0 Å². The number of nitrogens with one attached hydrogen (secondary N) is 1. The van der Waals surface area contributed by atoms with E-state index in [0.717, 1.165) is 5.56 Å². The van der Waals surface area contributed by atoms with Crippen molar-refractivity contribution >= 4 is 22.6 Å². The monoisotopic (exact) mass is 356 g/mol. The van der Waals surface area contributed by atoms with Crippen molar-refractivity contribution < 1.29 is 18.5 Å². The highest BCUT2D eigenvalue weighted by molar-refractivity contribution is 7.83. The van der Waals surface area contributed by atoms with Gasteiger partial charge in [0.15, 0.2) is 0 Å². The lowest BCUT2D eigenvalue weighted by Gasteiger charge is -2.29. The third-order valence-electron chi connectivity index (χ3n) is 2.87. The van der Waals surface area contributed by atoms with E-state index < -0.39 is 28.0 Å². The zero-order valence-electron chi connectivity index (χ0n) is 15.3. The molecule has 0 heterocycles. The second kappa shape index (κ2) is 7.88. The number of anilines is 1. The smallest absolute Gasteiger partial charge is 0.408 e. The first-order valence-electron chi connectivity index (χ1n) is 7.70. The molecule has 0 saturated heterocycles. The Kier molecular flexibility index (Phi) is 6.66. The Morgan fingerprint density at radius 3 is 2.42 bits per heavy atom. The lowest BCUT2D eigenvalue weighted by molar-refractivity contribution is 0.0441. The van der Waals surface area contributed by atoms with Gasteiger partial charge in [-0.15, -0.1) is 0 Å². The minimum absolute atomic E-state index is 0.236. The van der Waals surface area contributed by atoms with Crippen molar-refractivity contribution in [3.63, 3.8) is 0 Å². The SMILES string of the molecule is CS(=O)Cc1cc(N)ccc1OCC(C)(C)NC(=O)OC(C)(C)C. The van der Waals surface area contributed by atoms with Gasteiger partial charge in [0.25, 0.3) is 0 Å². The largest absolute Gasteiger partial charge is 0.491 e. The normalized spacial score (nSPS) is 13.2. The van der Waals surface area contributed by atoms with Gasteiger partial charge >= 0.3 is 6.09 Å². The summed E-state index contributed by atoms with van der Waals surface area (Å²) in [6.07, 6.45) is 1.13. The first-order chi connectivity index (χ1) is 10.9. The molecular formula is C17H28N2O4S. The van der Waals surface area contributed by atoms with Crippen LogP contribution in [0.25, 0.3) is 0 Å². The molecule has 0 radical (unpaired) electrons. The van der Waals surface area contributed by atoms with Crippen molar-refractivity contribution in [2.45, 2.75) is 51.5 Å². The standard InChI is InChI=1S/C17H28N2O4S/c1-16(2,3)23-15(20)19-17(4,5)11-22-14-8-7-13(18)9-12(14)10-24(6)21/h7-9H,10-11,18H2,1-6H3,(H,19,20). The molecule has 1 amide bonds. The average Bonchev–Trinajstić information content (AvgIpc) is 2.33. The molecule has 1 unspecified atom stereocenters. The van der Waals surface area contributed by atoms with E-state index in [4.69, 9.17) is 15.2 Å². The first-order valence-corrected chi connectivity index (χ1v) is 9.43. The van der Waals surface area contributed by atoms with Gasteiger partial charge < -0.3 is 20.5 Å². The Morgan fingerprint density at radius 1 is 1.25 bits per heavy atom. The van der Waals surface area contributed by atoms with Gasteiger partial charge in [0, 0.05) is 28.3 Å². The van der Waals surface area contributed by atoms with Crippen LogP contribution in [-0.2, 0) is 21.3 Å². The minimum atomic E-state index is -1.01. The number of hydrogen-bond acceptors (Lipinski definition) is 5. The van der Waals surface area contributed by atoms with Gasteiger partial charge in [0.1, 0.15) is 18.0 Å². The van der Waals surface area contributed by atoms with Gasteiger partial charge in [0.05, 0.1) is 11.3 Å². The van der Waals surface area contributed by atoms with Crippen LogP contribution in [0.3, 0.4) is 0 Å². The summed E-state index contributed by atoms with van der Waals surface area (Å²) in [5, 5.41) is 2.78. The third-order valence-corrected chi connectivity index (χ3v) is 3.59. The van der Waals surface area contributed by atoms with Crippen LogP contribution in [0.5, 0.6) is 5.75 Å². The summed E-state index contributed by atoms with van der Waals surface area (Å²) < 4.78 is 22.6. The Labute approximate surface area is 146 Å². The number of carbonyl (C=O) groups excluding carboxylic acids is 1. The summed E-state index contributed by atoms with van der Waals surface area (Å²) in [4.78, 5) is 11.9. The lowest BCUT2D eigenvalue weighted by atomic mass is 10.1. The van der Waals surface area contributed by atoms with E-state index in [2.05, 4.69) is 5.32 Å². The fourth-order valence-electron chi connectivity index (χ4n) is 1.95. The second-order valence-electron chi connectivity index (χ2n) is 7.38. The number of benzene rings is 1. The predicted octanol–water partition coefficient (Wildman–Crippen LogP) is 2.83. The van der Waals surface area contributed by atoms with E-state index >= 15 is 0 Å². The fourth-order valence-corrected chi connectivity index (χ4v) is 2.61. The minimum Gasteiger partial charge on any atom is -0.491 e. The predicted molar refractivity (Wildman–Crippen MR) is 97.6 cm³/mol. The van der Waals surface area contributed by atoms with E-state index in [9.17, 15) is 9.00 Å². The summed E-state index contributed by atoms with van der Waals surface area (Å²) in [5.74, 6) is 0.971. The molecule has 1 rings (SSSR count). The number of ether oxygens (including phenoxy) is 2. The molecule has 0 aromatic heterocycles. The van der Waals surface area contributed by atoms with E-state index in [-0.39, 0.29) is 6.61 Å². The Hall–Kier alpha value is -1.76. The summed E-state index contributed by atoms with van der Waals surface area (Å²) >= 11 is 0. The number of carbonyl (C=O) groups is 1. The number of alkyl carbamates (subject to hydrolysis) is 1. The molecule has 6 nitrogen and oxygen atoms in total. The number of amides is 1. The van der Waals surface area contributed by atoms with Crippen LogP contribution in [0.2, 0.25) is 0 Å². The van der Waals surface area contributed by atoms with E-state index in [0.29, 0.717) is 17.2 Å². The summed E-state index contributed by atoms with van der Waals surface area (Å²) in [6.45, 7) is 9.34. The summed E-state index contributed by atoms with van der Waals surface area (Å²) in [7, 11) is -1.01. The number of rotatable bonds is 6. The number of nitrogen functional groups attached to an aromatic ring is 1. The van der Waals surface area contributed by atoms with Crippen molar-refractivity contribution in [3.8, 4) is 5.75 Å². The van der Waals surface area contributed by atoms with Crippen LogP contribution in [0.4, 0.5) is 10.5 Å². The van der Waals surface area contributed by atoms with Crippen molar-refractivity contribution in [2.75, 3.05) is 18.6 Å². The molecule has 136 valence electrons. The van der Waals surface area contributed by atoms with E-state index in [1.807, 2.05) is 34.6 Å². The van der Waals surface area contributed by atoms with Crippen LogP contribution in [0.1, 0.15) is 40.2 Å². The molecule has 7 heteroatoms. The van der Waals surface area contributed by atoms with Gasteiger partial charge in [-0.3, -0.25) is 4.21 Å². The molecular weight excluding hydrogens is 328 g/mol. The molecule has 1 atom stereocenters. The molecule has 24 heavy (non-hydrogen) atoms. The van der Waals surface area contributed by atoms with Crippen molar-refractivity contribution in [3.05, 3.63) is 23.8 Å². The van der Waals surface area contributed by atoms with E-state index in [1.54, 1.807) is 24.5 Å². The molecule has 3 N–H and O–H groups in total. The van der Waals surface area contributed by atoms with Crippen LogP contribution in [-0.4, -0.2) is 34.3 Å². The highest BCUT2D eigenvalue weighted by Gasteiger charge is 2.25. The van der Waals surface area contributed by atoms with E-state index in [1.165, 1.54) is 0 Å². The average molecular weight is 356 g/mol. The maximum Gasteiger partial charge on any atom is 0.408 e. The first kappa shape index (κ1) is 20.3. The fraction of sp³-hybridized carbons (Fsp3) is 0.588. The molecule has 0 spiro atoms. The van der Waals surface area contributed by atoms with Gasteiger partial charge in [-0.25, -0.2) is 4.79 Å². The molecule has 0 bridgehead atoms.